The highest BCUT2D eigenvalue weighted by atomic mass is 32.1. The fourth-order valence-corrected chi connectivity index (χ4v) is 3.25. The van der Waals surface area contributed by atoms with Crippen LogP contribution in [0.15, 0.2) is 24.3 Å². The lowest BCUT2D eigenvalue weighted by Gasteiger charge is -2.11. The molecule has 100 valence electrons. The molecule has 1 saturated carbocycles. The van der Waals surface area contributed by atoms with Crippen molar-refractivity contribution >= 4 is 27.5 Å². The van der Waals surface area contributed by atoms with E-state index in [1.165, 1.54) is 17.5 Å². The minimum atomic E-state index is 0.152. The van der Waals surface area contributed by atoms with Gasteiger partial charge in [-0.3, -0.25) is 4.79 Å². The van der Waals surface area contributed by atoms with Crippen LogP contribution in [-0.2, 0) is 11.2 Å². The number of amides is 1. The molecule has 0 saturated heterocycles. The molecule has 1 aliphatic rings. The zero-order chi connectivity index (χ0) is 13.2. The van der Waals surface area contributed by atoms with Crippen molar-refractivity contribution in [1.29, 1.82) is 0 Å². The normalized spacial score (nSPS) is 16.5. The Labute approximate surface area is 117 Å². The summed E-state index contributed by atoms with van der Waals surface area (Å²) in [4.78, 5) is 16.4. The number of carbonyl (C=O) groups excluding carboxylic acids is 1. The number of rotatable bonds is 5. The summed E-state index contributed by atoms with van der Waals surface area (Å²) >= 11 is 1.69. The van der Waals surface area contributed by atoms with Crippen molar-refractivity contribution in [3.8, 4) is 0 Å². The van der Waals surface area contributed by atoms with E-state index in [0.29, 0.717) is 18.4 Å². The summed E-state index contributed by atoms with van der Waals surface area (Å²) in [6.07, 6.45) is 3.80. The summed E-state index contributed by atoms with van der Waals surface area (Å²) in [5.74, 6) is 0.866. The number of hydrogen-bond donors (Lipinski definition) is 1. The van der Waals surface area contributed by atoms with Gasteiger partial charge in [-0.15, -0.1) is 11.3 Å². The number of nitrogens with one attached hydrogen (secondary N) is 1. The Hall–Kier alpha value is -1.42. The number of nitrogens with zero attached hydrogens (tertiary/aromatic N) is 1. The van der Waals surface area contributed by atoms with Crippen LogP contribution in [0.1, 0.15) is 31.2 Å². The SMILES string of the molecule is C[C@@H](NC(=O)CCc1nc2ccccc2s1)C1CC1. The summed E-state index contributed by atoms with van der Waals surface area (Å²) in [5, 5.41) is 4.14. The monoisotopic (exact) mass is 274 g/mol. The first-order valence-electron chi connectivity index (χ1n) is 6.86. The van der Waals surface area contributed by atoms with Gasteiger partial charge >= 0.3 is 0 Å². The Morgan fingerprint density at radius 3 is 3.00 bits per heavy atom. The van der Waals surface area contributed by atoms with E-state index in [4.69, 9.17) is 0 Å². The Morgan fingerprint density at radius 1 is 1.47 bits per heavy atom. The molecule has 4 heteroatoms. The number of thiazole rings is 1. The molecule has 2 aromatic rings. The molecule has 1 atom stereocenters. The lowest BCUT2D eigenvalue weighted by atomic mass is 10.2. The Kier molecular flexibility index (Phi) is 3.51. The van der Waals surface area contributed by atoms with E-state index >= 15 is 0 Å². The highest BCUT2D eigenvalue weighted by molar-refractivity contribution is 7.18. The highest BCUT2D eigenvalue weighted by Crippen LogP contribution is 2.32. The van der Waals surface area contributed by atoms with Crippen molar-refractivity contribution in [2.75, 3.05) is 0 Å². The third kappa shape index (κ3) is 3.13. The average molecular weight is 274 g/mol. The van der Waals surface area contributed by atoms with E-state index in [9.17, 15) is 4.79 Å². The molecular formula is C15H18N2OS. The number of aryl methyl sites for hydroxylation is 1. The summed E-state index contributed by atoms with van der Waals surface area (Å²) in [7, 11) is 0. The molecule has 0 aliphatic heterocycles. The van der Waals surface area contributed by atoms with Crippen LogP contribution in [0.5, 0.6) is 0 Å². The standard InChI is InChI=1S/C15H18N2OS/c1-10(11-6-7-11)16-14(18)8-9-15-17-12-4-2-3-5-13(12)19-15/h2-5,10-11H,6-9H2,1H3,(H,16,18)/t10-/m1/s1. The van der Waals surface area contributed by atoms with Gasteiger partial charge in [-0.1, -0.05) is 12.1 Å². The number of para-hydroxylation sites is 1. The van der Waals surface area contributed by atoms with Crippen LogP contribution in [0.25, 0.3) is 10.2 Å². The third-order valence-electron chi connectivity index (χ3n) is 3.62. The average Bonchev–Trinajstić information content (AvgIpc) is 3.16. The van der Waals surface area contributed by atoms with Crippen molar-refractivity contribution in [2.24, 2.45) is 5.92 Å². The van der Waals surface area contributed by atoms with Crippen LogP contribution in [0.4, 0.5) is 0 Å². The number of benzene rings is 1. The maximum absolute atomic E-state index is 11.8. The zero-order valence-corrected chi connectivity index (χ0v) is 11.9. The van der Waals surface area contributed by atoms with Crippen LogP contribution in [-0.4, -0.2) is 16.9 Å². The first-order valence-corrected chi connectivity index (χ1v) is 7.68. The Balaban J connectivity index is 1.54. The summed E-state index contributed by atoms with van der Waals surface area (Å²) in [6.45, 7) is 2.10. The van der Waals surface area contributed by atoms with E-state index in [1.807, 2.05) is 18.2 Å². The molecule has 1 aliphatic carbocycles. The second-order valence-electron chi connectivity index (χ2n) is 5.27. The van der Waals surface area contributed by atoms with Gasteiger partial charge in [0.25, 0.3) is 0 Å². The van der Waals surface area contributed by atoms with E-state index in [-0.39, 0.29) is 5.91 Å². The molecule has 0 unspecified atom stereocenters. The molecule has 0 radical (unpaired) electrons. The van der Waals surface area contributed by atoms with Crippen LogP contribution < -0.4 is 5.32 Å². The topological polar surface area (TPSA) is 42.0 Å². The second kappa shape index (κ2) is 5.29. The van der Waals surface area contributed by atoms with Crippen LogP contribution in [0, 0.1) is 5.92 Å². The van der Waals surface area contributed by atoms with Gasteiger partial charge in [0.05, 0.1) is 15.2 Å². The summed E-state index contributed by atoms with van der Waals surface area (Å²) < 4.78 is 1.20. The summed E-state index contributed by atoms with van der Waals surface area (Å²) in [6, 6.07) is 8.45. The third-order valence-corrected chi connectivity index (χ3v) is 4.72. The van der Waals surface area contributed by atoms with Gasteiger partial charge in [-0.2, -0.15) is 0 Å². The van der Waals surface area contributed by atoms with Gasteiger partial charge in [0.15, 0.2) is 0 Å². The fourth-order valence-electron chi connectivity index (χ4n) is 2.29. The van der Waals surface area contributed by atoms with E-state index in [1.54, 1.807) is 11.3 Å². The van der Waals surface area contributed by atoms with E-state index in [2.05, 4.69) is 23.3 Å². The molecule has 1 amide bonds. The Morgan fingerprint density at radius 2 is 2.26 bits per heavy atom. The van der Waals surface area contributed by atoms with Gasteiger partial charge in [-0.05, 0) is 37.8 Å². The molecule has 3 rings (SSSR count). The van der Waals surface area contributed by atoms with Gasteiger partial charge in [0.1, 0.15) is 0 Å². The highest BCUT2D eigenvalue weighted by Gasteiger charge is 2.28. The summed E-state index contributed by atoms with van der Waals surface area (Å²) in [5.41, 5.74) is 1.04. The van der Waals surface area contributed by atoms with Gasteiger partial charge in [0, 0.05) is 18.9 Å². The van der Waals surface area contributed by atoms with Crippen molar-refractivity contribution < 1.29 is 4.79 Å². The molecule has 1 heterocycles. The van der Waals surface area contributed by atoms with E-state index < -0.39 is 0 Å². The number of hydrogen-bond acceptors (Lipinski definition) is 3. The van der Waals surface area contributed by atoms with Crippen molar-refractivity contribution in [2.45, 2.75) is 38.6 Å². The van der Waals surface area contributed by atoms with Gasteiger partial charge in [-0.25, -0.2) is 4.98 Å². The predicted octanol–water partition coefficient (Wildman–Crippen LogP) is 3.14. The second-order valence-corrected chi connectivity index (χ2v) is 6.38. The molecule has 0 spiro atoms. The minimum Gasteiger partial charge on any atom is -0.353 e. The molecule has 19 heavy (non-hydrogen) atoms. The van der Waals surface area contributed by atoms with Gasteiger partial charge in [0.2, 0.25) is 5.91 Å². The van der Waals surface area contributed by atoms with Crippen molar-refractivity contribution in [1.82, 2.24) is 10.3 Å². The first kappa shape index (κ1) is 12.6. The van der Waals surface area contributed by atoms with Gasteiger partial charge < -0.3 is 5.32 Å². The molecule has 1 N–H and O–H groups in total. The van der Waals surface area contributed by atoms with E-state index in [0.717, 1.165) is 16.9 Å². The molecular weight excluding hydrogens is 256 g/mol. The maximum Gasteiger partial charge on any atom is 0.220 e. The first-order chi connectivity index (χ1) is 9.22. The maximum atomic E-state index is 11.8. The molecule has 3 nitrogen and oxygen atoms in total. The zero-order valence-electron chi connectivity index (χ0n) is 11.1. The van der Waals surface area contributed by atoms with Crippen LogP contribution >= 0.6 is 11.3 Å². The number of carbonyl (C=O) groups is 1. The lowest BCUT2D eigenvalue weighted by Crippen LogP contribution is -2.34. The predicted molar refractivity (Wildman–Crippen MR) is 78.3 cm³/mol. The van der Waals surface area contributed by atoms with Crippen LogP contribution in [0.3, 0.4) is 0 Å². The smallest absolute Gasteiger partial charge is 0.220 e. The lowest BCUT2D eigenvalue weighted by molar-refractivity contribution is -0.121. The van der Waals surface area contributed by atoms with Crippen molar-refractivity contribution in [3.05, 3.63) is 29.3 Å². The number of aromatic nitrogens is 1. The van der Waals surface area contributed by atoms with Crippen molar-refractivity contribution in [3.63, 3.8) is 0 Å². The molecule has 1 aromatic heterocycles. The molecule has 1 fully saturated rings. The largest absolute Gasteiger partial charge is 0.353 e. The minimum absolute atomic E-state index is 0.152. The fraction of sp³-hybridized carbons (Fsp3) is 0.467. The molecule has 0 bridgehead atoms. The van der Waals surface area contributed by atoms with Crippen LogP contribution in [0.2, 0.25) is 0 Å². The number of fused-ring (bicyclic) bond motifs is 1. The Bertz CT molecular complexity index is 556. The quantitative estimate of drug-likeness (QED) is 0.910. The molecule has 1 aromatic carbocycles.